The number of nitrogens with zero attached hydrogens (tertiary/aromatic N) is 2. The predicted molar refractivity (Wildman–Crippen MR) is 81.1 cm³/mol. The average molecular weight is 295 g/mol. The van der Waals surface area contributed by atoms with Crippen LogP contribution in [0.3, 0.4) is 0 Å². The summed E-state index contributed by atoms with van der Waals surface area (Å²) in [6.45, 7) is 7.52. The highest BCUT2D eigenvalue weighted by Crippen LogP contribution is 2.28. The number of benzene rings is 1. The second-order valence-corrected chi connectivity index (χ2v) is 5.31. The summed E-state index contributed by atoms with van der Waals surface area (Å²) in [7, 11) is 1.28. The number of ether oxygens (including phenoxy) is 1. The molecule has 1 aromatic rings. The lowest BCUT2D eigenvalue weighted by atomic mass is 10.1. The van der Waals surface area contributed by atoms with Gasteiger partial charge in [0.2, 0.25) is 0 Å². The number of esters is 1. The zero-order valence-electron chi connectivity index (χ0n) is 12.7. The molecule has 2 N–H and O–H groups in total. The summed E-state index contributed by atoms with van der Waals surface area (Å²) in [5.74, 6) is -0.953. The van der Waals surface area contributed by atoms with Crippen LogP contribution in [0.1, 0.15) is 24.2 Å². The SMILES string of the molecule is CCN1CCN(c2cc(C(=O)OC)c(N)cc2F)CC1C. The van der Waals surface area contributed by atoms with Crippen LogP contribution in [-0.4, -0.2) is 50.2 Å². The molecule has 1 saturated heterocycles. The maximum absolute atomic E-state index is 14.2. The van der Waals surface area contributed by atoms with E-state index in [9.17, 15) is 9.18 Å². The Bertz CT molecular complexity index is 536. The third kappa shape index (κ3) is 3.10. The van der Waals surface area contributed by atoms with Crippen molar-refractivity contribution < 1.29 is 13.9 Å². The van der Waals surface area contributed by atoms with Crippen LogP contribution in [0.4, 0.5) is 15.8 Å². The number of carbonyl (C=O) groups is 1. The Labute approximate surface area is 124 Å². The Kier molecular flexibility index (Phi) is 4.67. The Balaban J connectivity index is 2.30. The van der Waals surface area contributed by atoms with E-state index in [1.165, 1.54) is 19.2 Å². The normalized spacial score (nSPS) is 19.6. The maximum Gasteiger partial charge on any atom is 0.340 e. The number of hydrogen-bond acceptors (Lipinski definition) is 5. The Morgan fingerprint density at radius 2 is 2.19 bits per heavy atom. The number of piperazine rings is 1. The van der Waals surface area contributed by atoms with E-state index in [1.807, 2.05) is 4.90 Å². The molecule has 1 aliphatic heterocycles. The minimum Gasteiger partial charge on any atom is -0.465 e. The van der Waals surface area contributed by atoms with E-state index >= 15 is 0 Å². The molecule has 1 aromatic carbocycles. The quantitative estimate of drug-likeness (QED) is 0.680. The summed E-state index contributed by atoms with van der Waals surface area (Å²) in [5, 5.41) is 0. The van der Waals surface area contributed by atoms with Gasteiger partial charge in [0, 0.05) is 31.4 Å². The predicted octanol–water partition coefficient (Wildman–Crippen LogP) is 1.72. The highest BCUT2D eigenvalue weighted by atomic mass is 19.1. The first-order valence-electron chi connectivity index (χ1n) is 7.14. The number of nitrogen functional groups attached to an aromatic ring is 1. The van der Waals surface area contributed by atoms with Gasteiger partial charge in [-0.2, -0.15) is 0 Å². The van der Waals surface area contributed by atoms with E-state index in [0.717, 1.165) is 26.2 Å². The Morgan fingerprint density at radius 3 is 2.76 bits per heavy atom. The number of nitrogens with two attached hydrogens (primary N) is 1. The zero-order valence-corrected chi connectivity index (χ0v) is 12.7. The standard InChI is InChI=1S/C15H22FN3O2/c1-4-18-5-6-19(9-10(18)2)14-7-11(15(20)21-3)13(17)8-12(14)16/h7-8,10H,4-6,9,17H2,1-3H3. The summed E-state index contributed by atoms with van der Waals surface area (Å²) >= 11 is 0. The van der Waals surface area contributed by atoms with Crippen molar-refractivity contribution in [2.45, 2.75) is 19.9 Å². The Morgan fingerprint density at radius 1 is 1.48 bits per heavy atom. The van der Waals surface area contributed by atoms with Gasteiger partial charge >= 0.3 is 5.97 Å². The van der Waals surface area contributed by atoms with Gasteiger partial charge in [-0.25, -0.2) is 9.18 Å². The van der Waals surface area contributed by atoms with E-state index in [-0.39, 0.29) is 11.3 Å². The van der Waals surface area contributed by atoms with Crippen LogP contribution in [-0.2, 0) is 4.74 Å². The lowest BCUT2D eigenvalue weighted by molar-refractivity contribution is 0.0602. The Hall–Kier alpha value is -1.82. The molecule has 2 rings (SSSR count). The average Bonchev–Trinajstić information content (AvgIpc) is 2.46. The van der Waals surface area contributed by atoms with Gasteiger partial charge in [-0.3, -0.25) is 4.90 Å². The van der Waals surface area contributed by atoms with Crippen LogP contribution >= 0.6 is 0 Å². The third-order valence-electron chi connectivity index (χ3n) is 4.04. The highest BCUT2D eigenvalue weighted by Gasteiger charge is 2.25. The molecule has 6 heteroatoms. The fourth-order valence-electron chi connectivity index (χ4n) is 2.79. The molecular weight excluding hydrogens is 273 g/mol. The number of rotatable bonds is 3. The van der Waals surface area contributed by atoms with E-state index < -0.39 is 11.8 Å². The van der Waals surface area contributed by atoms with Crippen LogP contribution in [0.5, 0.6) is 0 Å². The number of hydrogen-bond donors (Lipinski definition) is 1. The molecule has 1 heterocycles. The van der Waals surface area contributed by atoms with Crippen LogP contribution in [0, 0.1) is 5.82 Å². The van der Waals surface area contributed by atoms with Gasteiger partial charge in [-0.05, 0) is 25.6 Å². The molecule has 1 aliphatic rings. The van der Waals surface area contributed by atoms with Crippen molar-refractivity contribution >= 4 is 17.3 Å². The summed E-state index contributed by atoms with van der Waals surface area (Å²) in [6.07, 6.45) is 0. The first-order chi connectivity index (χ1) is 9.97. The molecule has 1 atom stereocenters. The van der Waals surface area contributed by atoms with E-state index in [0.29, 0.717) is 11.7 Å². The van der Waals surface area contributed by atoms with Crippen molar-refractivity contribution in [1.29, 1.82) is 0 Å². The van der Waals surface area contributed by atoms with Crippen molar-refractivity contribution in [3.63, 3.8) is 0 Å². The van der Waals surface area contributed by atoms with Gasteiger partial charge < -0.3 is 15.4 Å². The molecule has 0 aliphatic carbocycles. The number of methoxy groups -OCH3 is 1. The molecule has 0 saturated carbocycles. The van der Waals surface area contributed by atoms with Gasteiger partial charge in [0.05, 0.1) is 18.4 Å². The topological polar surface area (TPSA) is 58.8 Å². The lowest BCUT2D eigenvalue weighted by Crippen LogP contribution is -2.52. The summed E-state index contributed by atoms with van der Waals surface area (Å²) < 4.78 is 18.9. The minimum atomic E-state index is -0.547. The molecular formula is C15H22FN3O2. The zero-order chi connectivity index (χ0) is 15.6. The molecule has 0 spiro atoms. The van der Waals surface area contributed by atoms with Crippen molar-refractivity contribution in [3.05, 3.63) is 23.5 Å². The van der Waals surface area contributed by atoms with Gasteiger partial charge in [0.25, 0.3) is 0 Å². The molecule has 0 aromatic heterocycles. The van der Waals surface area contributed by atoms with Gasteiger partial charge in [-0.15, -0.1) is 0 Å². The number of carbonyl (C=O) groups excluding carboxylic acids is 1. The fraction of sp³-hybridized carbons (Fsp3) is 0.533. The molecule has 5 nitrogen and oxygen atoms in total. The maximum atomic E-state index is 14.2. The van der Waals surface area contributed by atoms with Crippen LogP contribution in [0.2, 0.25) is 0 Å². The fourth-order valence-corrected chi connectivity index (χ4v) is 2.79. The summed E-state index contributed by atoms with van der Waals surface area (Å²) in [4.78, 5) is 16.0. The van der Waals surface area contributed by atoms with Crippen LogP contribution < -0.4 is 10.6 Å². The number of likely N-dealkylation sites (N-methyl/N-ethyl adjacent to an activating group) is 1. The van der Waals surface area contributed by atoms with E-state index in [4.69, 9.17) is 5.73 Å². The first kappa shape index (κ1) is 15.6. The molecule has 0 radical (unpaired) electrons. The van der Waals surface area contributed by atoms with Gasteiger partial charge in [-0.1, -0.05) is 6.92 Å². The van der Waals surface area contributed by atoms with Crippen molar-refractivity contribution in [1.82, 2.24) is 4.90 Å². The van der Waals surface area contributed by atoms with E-state index in [2.05, 4.69) is 23.5 Å². The van der Waals surface area contributed by atoms with Crippen molar-refractivity contribution in [2.24, 2.45) is 0 Å². The largest absolute Gasteiger partial charge is 0.465 e. The summed E-state index contributed by atoms with van der Waals surface area (Å²) in [6, 6.07) is 3.02. The van der Waals surface area contributed by atoms with Crippen LogP contribution in [0.15, 0.2) is 12.1 Å². The third-order valence-corrected chi connectivity index (χ3v) is 4.04. The molecule has 1 unspecified atom stereocenters. The molecule has 116 valence electrons. The van der Waals surface area contributed by atoms with Crippen molar-refractivity contribution in [2.75, 3.05) is 43.9 Å². The summed E-state index contributed by atoms with van der Waals surface area (Å²) in [5.41, 5.74) is 6.42. The number of anilines is 2. The monoisotopic (exact) mass is 295 g/mol. The lowest BCUT2D eigenvalue weighted by Gasteiger charge is -2.40. The first-order valence-corrected chi connectivity index (χ1v) is 7.14. The van der Waals surface area contributed by atoms with E-state index in [1.54, 1.807) is 0 Å². The van der Waals surface area contributed by atoms with Gasteiger partial charge in [0.1, 0.15) is 5.82 Å². The molecule has 1 fully saturated rings. The van der Waals surface area contributed by atoms with Crippen LogP contribution in [0.25, 0.3) is 0 Å². The second-order valence-electron chi connectivity index (χ2n) is 5.31. The smallest absolute Gasteiger partial charge is 0.340 e. The molecule has 0 bridgehead atoms. The minimum absolute atomic E-state index is 0.100. The van der Waals surface area contributed by atoms with Crippen molar-refractivity contribution in [3.8, 4) is 0 Å². The molecule has 0 amide bonds. The number of halogens is 1. The molecule has 21 heavy (non-hydrogen) atoms. The van der Waals surface area contributed by atoms with Gasteiger partial charge in [0.15, 0.2) is 0 Å². The second kappa shape index (κ2) is 6.30. The highest BCUT2D eigenvalue weighted by molar-refractivity contribution is 5.96.